The topological polar surface area (TPSA) is 52.3 Å². The highest BCUT2D eigenvalue weighted by molar-refractivity contribution is 6.42. The van der Waals surface area contributed by atoms with Crippen LogP contribution in [-0.2, 0) is 16.1 Å². The van der Waals surface area contributed by atoms with E-state index in [1.54, 1.807) is 25.1 Å². The van der Waals surface area contributed by atoms with Crippen molar-refractivity contribution in [3.05, 3.63) is 45.6 Å². The molecule has 0 unspecified atom stereocenters. The van der Waals surface area contributed by atoms with E-state index in [0.717, 1.165) is 5.56 Å². The third kappa shape index (κ3) is 4.13. The van der Waals surface area contributed by atoms with Crippen LogP contribution in [-0.4, -0.2) is 5.97 Å². The zero-order chi connectivity index (χ0) is 12.1. The van der Waals surface area contributed by atoms with Gasteiger partial charge >= 0.3 is 5.97 Å². The predicted octanol–water partition coefficient (Wildman–Crippen LogP) is 2.90. The minimum atomic E-state index is -0.480. The maximum atomic E-state index is 11.1. The molecule has 1 rings (SSSR count). The van der Waals surface area contributed by atoms with E-state index in [1.165, 1.54) is 6.08 Å². The van der Waals surface area contributed by atoms with E-state index in [9.17, 15) is 4.79 Å². The summed E-state index contributed by atoms with van der Waals surface area (Å²) in [7, 11) is 0. The highest BCUT2D eigenvalue weighted by atomic mass is 35.5. The number of ether oxygens (including phenoxy) is 1. The van der Waals surface area contributed by atoms with Gasteiger partial charge in [-0.2, -0.15) is 0 Å². The van der Waals surface area contributed by atoms with Crippen molar-refractivity contribution < 1.29 is 9.53 Å². The summed E-state index contributed by atoms with van der Waals surface area (Å²) >= 11 is 11.6. The number of rotatable bonds is 3. The molecule has 0 aliphatic heterocycles. The van der Waals surface area contributed by atoms with Gasteiger partial charge in [0.2, 0.25) is 0 Å². The van der Waals surface area contributed by atoms with Crippen LogP contribution >= 0.6 is 23.2 Å². The van der Waals surface area contributed by atoms with Crippen molar-refractivity contribution in [2.24, 2.45) is 5.73 Å². The molecule has 5 heteroatoms. The number of hydrogen-bond donors (Lipinski definition) is 1. The molecule has 0 bridgehead atoms. The first-order valence-electron chi connectivity index (χ1n) is 4.53. The number of carbonyl (C=O) groups excluding carboxylic acids is 1. The number of carbonyl (C=O) groups is 1. The standard InChI is InChI=1S/C11H11Cl2NO2/c1-7(14)4-11(15)16-6-8-2-3-9(12)10(13)5-8/h2-5H,6,14H2,1H3/b7-4-. The molecule has 0 fully saturated rings. The Balaban J connectivity index is 2.58. The van der Waals surface area contributed by atoms with Crippen molar-refractivity contribution in [1.29, 1.82) is 0 Å². The van der Waals surface area contributed by atoms with Crippen molar-refractivity contribution in [2.45, 2.75) is 13.5 Å². The maximum Gasteiger partial charge on any atom is 0.332 e. The summed E-state index contributed by atoms with van der Waals surface area (Å²) in [6.07, 6.45) is 1.22. The first-order chi connectivity index (χ1) is 7.49. The zero-order valence-electron chi connectivity index (χ0n) is 8.67. The minimum absolute atomic E-state index is 0.138. The van der Waals surface area contributed by atoms with Crippen molar-refractivity contribution in [2.75, 3.05) is 0 Å². The molecule has 0 amide bonds. The van der Waals surface area contributed by atoms with Gasteiger partial charge in [0.05, 0.1) is 10.0 Å². The van der Waals surface area contributed by atoms with Gasteiger partial charge < -0.3 is 10.5 Å². The quantitative estimate of drug-likeness (QED) is 0.671. The summed E-state index contributed by atoms with van der Waals surface area (Å²) in [5.41, 5.74) is 6.50. The Kier molecular flexibility index (Phi) is 4.65. The van der Waals surface area contributed by atoms with Gasteiger partial charge in [0, 0.05) is 11.8 Å². The normalized spacial score (nSPS) is 11.3. The molecule has 16 heavy (non-hydrogen) atoms. The van der Waals surface area contributed by atoms with E-state index in [2.05, 4.69) is 0 Å². The molecule has 0 saturated carbocycles. The van der Waals surface area contributed by atoms with Crippen LogP contribution in [0.2, 0.25) is 10.0 Å². The average Bonchev–Trinajstić information content (AvgIpc) is 2.19. The van der Waals surface area contributed by atoms with E-state index in [1.807, 2.05) is 0 Å². The molecule has 3 nitrogen and oxygen atoms in total. The average molecular weight is 260 g/mol. The first-order valence-corrected chi connectivity index (χ1v) is 5.29. The van der Waals surface area contributed by atoms with E-state index >= 15 is 0 Å². The Hall–Kier alpha value is -1.19. The van der Waals surface area contributed by atoms with Gasteiger partial charge in [0.15, 0.2) is 0 Å². The van der Waals surface area contributed by atoms with E-state index < -0.39 is 5.97 Å². The highest BCUT2D eigenvalue weighted by Gasteiger charge is 2.02. The van der Waals surface area contributed by atoms with Gasteiger partial charge in [-0.15, -0.1) is 0 Å². The fourth-order valence-electron chi connectivity index (χ4n) is 1.01. The van der Waals surface area contributed by atoms with E-state index in [4.69, 9.17) is 33.7 Å². The molecule has 0 atom stereocenters. The van der Waals surface area contributed by atoms with Gasteiger partial charge in [-0.25, -0.2) is 4.79 Å². The second-order valence-electron chi connectivity index (χ2n) is 3.24. The van der Waals surface area contributed by atoms with Gasteiger partial charge in [-0.05, 0) is 24.6 Å². The predicted molar refractivity (Wildman–Crippen MR) is 64.2 cm³/mol. The molecule has 0 saturated heterocycles. The highest BCUT2D eigenvalue weighted by Crippen LogP contribution is 2.22. The fourth-order valence-corrected chi connectivity index (χ4v) is 1.33. The lowest BCUT2D eigenvalue weighted by atomic mass is 10.2. The first kappa shape index (κ1) is 12.9. The third-order valence-electron chi connectivity index (χ3n) is 1.71. The molecule has 0 aliphatic carbocycles. The SMILES string of the molecule is C/C(N)=C/C(=O)OCc1ccc(Cl)c(Cl)c1. The van der Waals surface area contributed by atoms with Crippen LogP contribution < -0.4 is 5.73 Å². The van der Waals surface area contributed by atoms with Crippen molar-refractivity contribution in [1.82, 2.24) is 0 Å². The molecule has 0 radical (unpaired) electrons. The zero-order valence-corrected chi connectivity index (χ0v) is 10.2. The monoisotopic (exact) mass is 259 g/mol. The molecule has 1 aromatic carbocycles. The van der Waals surface area contributed by atoms with Gasteiger partial charge in [-0.1, -0.05) is 29.3 Å². The third-order valence-corrected chi connectivity index (χ3v) is 2.45. The summed E-state index contributed by atoms with van der Waals surface area (Å²) in [5.74, 6) is -0.480. The number of allylic oxidation sites excluding steroid dienone is 1. The van der Waals surface area contributed by atoms with Crippen molar-refractivity contribution in [3.63, 3.8) is 0 Å². The lowest BCUT2D eigenvalue weighted by Gasteiger charge is -2.04. The van der Waals surface area contributed by atoms with Gasteiger partial charge in [0.25, 0.3) is 0 Å². The Bertz CT molecular complexity index is 426. The van der Waals surface area contributed by atoms with Crippen molar-refractivity contribution >= 4 is 29.2 Å². The number of hydrogen-bond acceptors (Lipinski definition) is 3. The molecule has 0 spiro atoms. The van der Waals surface area contributed by atoms with E-state index in [0.29, 0.717) is 15.7 Å². The minimum Gasteiger partial charge on any atom is -0.458 e. The van der Waals surface area contributed by atoms with Crippen LogP contribution in [0.15, 0.2) is 30.0 Å². The molecule has 1 aromatic rings. The number of halogens is 2. The van der Waals surface area contributed by atoms with Crippen LogP contribution in [0.5, 0.6) is 0 Å². The molecule has 0 heterocycles. The second-order valence-corrected chi connectivity index (χ2v) is 4.06. The van der Waals surface area contributed by atoms with Gasteiger partial charge in [0.1, 0.15) is 6.61 Å². The Morgan fingerprint density at radius 2 is 2.12 bits per heavy atom. The fraction of sp³-hybridized carbons (Fsp3) is 0.182. The molecular formula is C11H11Cl2NO2. The smallest absolute Gasteiger partial charge is 0.332 e. The summed E-state index contributed by atoms with van der Waals surface area (Å²) in [6.45, 7) is 1.75. The molecule has 0 aliphatic rings. The van der Waals surface area contributed by atoms with Crippen LogP contribution in [0.25, 0.3) is 0 Å². The molecule has 0 aromatic heterocycles. The van der Waals surface area contributed by atoms with Crippen LogP contribution in [0.3, 0.4) is 0 Å². The number of nitrogens with two attached hydrogens (primary N) is 1. The second kappa shape index (κ2) is 5.77. The summed E-state index contributed by atoms with van der Waals surface area (Å²) in [4.78, 5) is 11.1. The number of esters is 1. The van der Waals surface area contributed by atoms with Gasteiger partial charge in [-0.3, -0.25) is 0 Å². The van der Waals surface area contributed by atoms with Crippen LogP contribution in [0.1, 0.15) is 12.5 Å². The lowest BCUT2D eigenvalue weighted by molar-refractivity contribution is -0.139. The van der Waals surface area contributed by atoms with E-state index in [-0.39, 0.29) is 6.61 Å². The summed E-state index contributed by atoms with van der Waals surface area (Å²) < 4.78 is 4.94. The summed E-state index contributed by atoms with van der Waals surface area (Å²) in [6, 6.07) is 5.04. The lowest BCUT2D eigenvalue weighted by Crippen LogP contribution is -2.04. The Morgan fingerprint density at radius 1 is 1.44 bits per heavy atom. The maximum absolute atomic E-state index is 11.1. The molecular weight excluding hydrogens is 249 g/mol. The largest absolute Gasteiger partial charge is 0.458 e. The van der Waals surface area contributed by atoms with Crippen molar-refractivity contribution in [3.8, 4) is 0 Å². The van der Waals surface area contributed by atoms with Crippen LogP contribution in [0.4, 0.5) is 0 Å². The Morgan fingerprint density at radius 3 is 2.69 bits per heavy atom. The molecule has 86 valence electrons. The Labute approximate surface area is 104 Å². The summed E-state index contributed by atoms with van der Waals surface area (Å²) in [5, 5.41) is 0.898. The molecule has 2 N–H and O–H groups in total. The van der Waals surface area contributed by atoms with Crippen LogP contribution in [0, 0.1) is 0 Å². The number of benzene rings is 1.